The average molecular weight is 561 g/mol. The second-order valence-electron chi connectivity index (χ2n) is 11.0. The quantitative estimate of drug-likeness (QED) is 0.209. The first-order valence-corrected chi connectivity index (χ1v) is 14.9. The van der Waals surface area contributed by atoms with Crippen LogP contribution in [0.3, 0.4) is 0 Å². The first-order valence-electron chi connectivity index (χ1n) is 14.9. The highest BCUT2D eigenvalue weighted by Gasteiger charge is 2.17. The summed E-state index contributed by atoms with van der Waals surface area (Å²) in [5.41, 5.74) is 9.72. The van der Waals surface area contributed by atoms with Crippen LogP contribution in [-0.2, 0) is 0 Å². The van der Waals surface area contributed by atoms with Crippen molar-refractivity contribution in [3.8, 4) is 56.2 Å². The Morgan fingerprint density at radius 1 is 0.318 bits per heavy atom. The Bertz CT molecular complexity index is 2260. The van der Waals surface area contributed by atoms with Gasteiger partial charge in [0, 0.05) is 16.7 Å². The summed E-state index contributed by atoms with van der Waals surface area (Å²) in [5, 5.41) is 4.74. The lowest BCUT2D eigenvalue weighted by molar-refractivity contribution is 1.19. The van der Waals surface area contributed by atoms with Crippen molar-refractivity contribution in [3.63, 3.8) is 0 Å². The fourth-order valence-electron chi connectivity index (χ4n) is 6.06. The summed E-state index contributed by atoms with van der Waals surface area (Å²) in [6.07, 6.45) is 0. The first-order chi connectivity index (χ1) is 21.8. The predicted molar refractivity (Wildman–Crippen MR) is 184 cm³/mol. The van der Waals surface area contributed by atoms with Crippen molar-refractivity contribution >= 4 is 21.5 Å². The van der Waals surface area contributed by atoms with Gasteiger partial charge in [-0.2, -0.15) is 0 Å². The summed E-state index contributed by atoms with van der Waals surface area (Å²) in [6, 6.07) is 59.8. The van der Waals surface area contributed by atoms with Gasteiger partial charge in [-0.15, -0.1) is 0 Å². The van der Waals surface area contributed by atoms with Crippen LogP contribution in [0.15, 0.2) is 170 Å². The van der Waals surface area contributed by atoms with E-state index in [1.807, 2.05) is 18.2 Å². The molecule has 0 fully saturated rings. The maximum absolute atomic E-state index is 5.23. The molecule has 1 heterocycles. The summed E-state index contributed by atoms with van der Waals surface area (Å²) in [4.78, 5) is 10.4. The molecule has 0 spiro atoms. The number of rotatable bonds is 5. The van der Waals surface area contributed by atoms with Gasteiger partial charge < -0.3 is 0 Å². The zero-order chi connectivity index (χ0) is 29.3. The average Bonchev–Trinajstić information content (AvgIpc) is 3.11. The Kier molecular flexibility index (Phi) is 6.51. The molecule has 0 atom stereocenters. The molecule has 2 nitrogen and oxygen atoms in total. The lowest BCUT2D eigenvalue weighted by atomic mass is 9.91. The SMILES string of the molecule is c1ccc(-c2ccc3cc(-c4cc(-c5c(-c6ccccc6)ccc6ccccc56)nc(-c5ccccc5)n4)ccc3c2)cc1. The molecule has 0 aliphatic carbocycles. The monoisotopic (exact) mass is 560 g/mol. The van der Waals surface area contributed by atoms with Crippen molar-refractivity contribution in [2.24, 2.45) is 0 Å². The van der Waals surface area contributed by atoms with Crippen molar-refractivity contribution in [2.45, 2.75) is 0 Å². The van der Waals surface area contributed by atoms with E-state index in [-0.39, 0.29) is 0 Å². The lowest BCUT2D eigenvalue weighted by Crippen LogP contribution is -1.98. The number of aromatic nitrogens is 2. The molecule has 0 unspecified atom stereocenters. The number of benzene rings is 7. The van der Waals surface area contributed by atoms with Crippen LogP contribution in [0, 0.1) is 0 Å². The Hall–Kier alpha value is -5.86. The van der Waals surface area contributed by atoms with Crippen molar-refractivity contribution in [1.29, 1.82) is 0 Å². The molecule has 7 aromatic carbocycles. The van der Waals surface area contributed by atoms with Gasteiger partial charge in [0.2, 0.25) is 0 Å². The topological polar surface area (TPSA) is 25.8 Å². The van der Waals surface area contributed by atoms with Crippen molar-refractivity contribution in [1.82, 2.24) is 9.97 Å². The molecule has 8 aromatic rings. The molecule has 0 N–H and O–H groups in total. The molecule has 0 bridgehead atoms. The Labute approximate surface area is 257 Å². The molecule has 2 heteroatoms. The van der Waals surface area contributed by atoms with Gasteiger partial charge in [-0.25, -0.2) is 9.97 Å². The van der Waals surface area contributed by atoms with E-state index < -0.39 is 0 Å². The van der Waals surface area contributed by atoms with Crippen molar-refractivity contribution in [3.05, 3.63) is 170 Å². The zero-order valence-electron chi connectivity index (χ0n) is 24.1. The van der Waals surface area contributed by atoms with E-state index >= 15 is 0 Å². The van der Waals surface area contributed by atoms with E-state index in [9.17, 15) is 0 Å². The number of fused-ring (bicyclic) bond motifs is 2. The Balaban J connectivity index is 1.34. The van der Waals surface area contributed by atoms with E-state index in [4.69, 9.17) is 9.97 Å². The standard InChI is InChI=1S/C42H28N2/c1-4-12-29(13-5-1)33-20-21-35-27-36(23-22-34(35)26-33)39-28-40(44-42(43-39)32-17-8-3-9-18-32)41-37-19-11-10-16-31(37)24-25-38(41)30-14-6-2-7-15-30/h1-28H. The van der Waals surface area contributed by atoms with Gasteiger partial charge >= 0.3 is 0 Å². The van der Waals surface area contributed by atoms with Crippen LogP contribution in [0.5, 0.6) is 0 Å². The van der Waals surface area contributed by atoms with E-state index in [0.717, 1.165) is 39.2 Å². The van der Waals surface area contributed by atoms with Crippen LogP contribution in [0.2, 0.25) is 0 Å². The normalized spacial score (nSPS) is 11.2. The minimum atomic E-state index is 0.713. The van der Waals surface area contributed by atoms with Crippen LogP contribution >= 0.6 is 0 Å². The second kappa shape index (κ2) is 11.1. The molecule has 0 aliphatic heterocycles. The lowest BCUT2D eigenvalue weighted by Gasteiger charge is -2.16. The molecular weight excluding hydrogens is 532 g/mol. The van der Waals surface area contributed by atoms with Crippen LogP contribution in [0.4, 0.5) is 0 Å². The highest BCUT2D eigenvalue weighted by atomic mass is 14.9. The van der Waals surface area contributed by atoms with Crippen LogP contribution in [-0.4, -0.2) is 9.97 Å². The molecule has 0 saturated heterocycles. The molecule has 0 aliphatic rings. The fraction of sp³-hybridized carbons (Fsp3) is 0. The fourth-order valence-corrected chi connectivity index (χ4v) is 6.06. The summed E-state index contributed by atoms with van der Waals surface area (Å²) < 4.78 is 0. The van der Waals surface area contributed by atoms with Crippen LogP contribution < -0.4 is 0 Å². The highest BCUT2D eigenvalue weighted by molar-refractivity contribution is 6.04. The summed E-state index contributed by atoms with van der Waals surface area (Å²) in [5.74, 6) is 0.713. The van der Waals surface area contributed by atoms with Crippen molar-refractivity contribution < 1.29 is 0 Å². The predicted octanol–water partition coefficient (Wildman–Crippen LogP) is 11.1. The van der Waals surface area contributed by atoms with Gasteiger partial charge in [0.05, 0.1) is 11.4 Å². The molecule has 206 valence electrons. The molecule has 44 heavy (non-hydrogen) atoms. The summed E-state index contributed by atoms with van der Waals surface area (Å²) in [6.45, 7) is 0. The largest absolute Gasteiger partial charge is 0.228 e. The first kappa shape index (κ1) is 25.8. The minimum Gasteiger partial charge on any atom is -0.228 e. The Morgan fingerprint density at radius 2 is 0.864 bits per heavy atom. The van der Waals surface area contributed by atoms with E-state index in [2.05, 4.69) is 152 Å². The number of hydrogen-bond donors (Lipinski definition) is 0. The van der Waals surface area contributed by atoms with E-state index in [1.54, 1.807) is 0 Å². The molecular formula is C42H28N2. The molecule has 8 rings (SSSR count). The number of nitrogens with zero attached hydrogens (tertiary/aromatic N) is 2. The van der Waals surface area contributed by atoms with E-state index in [1.165, 1.54) is 32.7 Å². The number of hydrogen-bond acceptors (Lipinski definition) is 2. The molecule has 1 aromatic heterocycles. The van der Waals surface area contributed by atoms with E-state index in [0.29, 0.717) is 5.82 Å². The smallest absolute Gasteiger partial charge is 0.160 e. The van der Waals surface area contributed by atoms with Gasteiger partial charge in [0.1, 0.15) is 0 Å². The van der Waals surface area contributed by atoms with Crippen molar-refractivity contribution in [2.75, 3.05) is 0 Å². The third-order valence-electron chi connectivity index (χ3n) is 8.27. The third-order valence-corrected chi connectivity index (χ3v) is 8.27. The van der Waals surface area contributed by atoms with Gasteiger partial charge in [-0.3, -0.25) is 0 Å². The minimum absolute atomic E-state index is 0.713. The van der Waals surface area contributed by atoms with Gasteiger partial charge in [0.25, 0.3) is 0 Å². The second-order valence-corrected chi connectivity index (χ2v) is 11.0. The van der Waals surface area contributed by atoms with Crippen LogP contribution in [0.1, 0.15) is 0 Å². The molecule has 0 radical (unpaired) electrons. The van der Waals surface area contributed by atoms with Gasteiger partial charge in [-0.05, 0) is 62.0 Å². The van der Waals surface area contributed by atoms with Gasteiger partial charge in [-0.1, -0.05) is 152 Å². The molecule has 0 saturated carbocycles. The zero-order valence-corrected chi connectivity index (χ0v) is 24.1. The van der Waals surface area contributed by atoms with Gasteiger partial charge in [0.15, 0.2) is 5.82 Å². The summed E-state index contributed by atoms with van der Waals surface area (Å²) >= 11 is 0. The third kappa shape index (κ3) is 4.83. The maximum Gasteiger partial charge on any atom is 0.160 e. The molecule has 0 amide bonds. The summed E-state index contributed by atoms with van der Waals surface area (Å²) in [7, 11) is 0. The Morgan fingerprint density at radius 3 is 1.59 bits per heavy atom. The maximum atomic E-state index is 5.23. The highest BCUT2D eigenvalue weighted by Crippen LogP contribution is 2.39. The van der Waals surface area contributed by atoms with Crippen LogP contribution in [0.25, 0.3) is 77.7 Å².